The lowest BCUT2D eigenvalue weighted by molar-refractivity contribution is 0.213. The third kappa shape index (κ3) is 3.05. The van der Waals surface area contributed by atoms with E-state index in [9.17, 15) is 5.11 Å². The average molecular weight is 324 g/mol. The first-order chi connectivity index (χ1) is 9.15. The third-order valence-electron chi connectivity index (χ3n) is 2.77. The van der Waals surface area contributed by atoms with Gasteiger partial charge in [0.1, 0.15) is 17.6 Å². The quantitative estimate of drug-likeness (QED) is 0.939. The van der Waals surface area contributed by atoms with E-state index in [0.717, 1.165) is 4.47 Å². The van der Waals surface area contributed by atoms with E-state index < -0.39 is 6.10 Å². The standard InChI is InChI=1S/C14H14BrNO3/c1-18-11-3-4-13(19-2)12(6-11)14(17)9-5-10(15)8-16-7-9/h3-8,14,17H,1-2H3. The van der Waals surface area contributed by atoms with Gasteiger partial charge >= 0.3 is 0 Å². The van der Waals surface area contributed by atoms with Gasteiger partial charge in [-0.1, -0.05) is 0 Å². The first-order valence-electron chi connectivity index (χ1n) is 5.66. The number of halogens is 1. The molecule has 5 heteroatoms. The smallest absolute Gasteiger partial charge is 0.125 e. The zero-order valence-corrected chi connectivity index (χ0v) is 12.2. The van der Waals surface area contributed by atoms with Crippen LogP contribution in [-0.2, 0) is 0 Å². The fourth-order valence-corrected chi connectivity index (χ4v) is 2.19. The molecule has 1 atom stereocenters. The normalized spacial score (nSPS) is 12.0. The van der Waals surface area contributed by atoms with Crippen molar-refractivity contribution in [2.75, 3.05) is 14.2 Å². The van der Waals surface area contributed by atoms with E-state index in [-0.39, 0.29) is 0 Å². The average Bonchev–Trinajstić information content (AvgIpc) is 2.45. The predicted molar refractivity (Wildman–Crippen MR) is 75.5 cm³/mol. The summed E-state index contributed by atoms with van der Waals surface area (Å²) >= 11 is 3.34. The maximum Gasteiger partial charge on any atom is 0.125 e. The van der Waals surface area contributed by atoms with Crippen LogP contribution in [0.4, 0.5) is 0 Å². The monoisotopic (exact) mass is 323 g/mol. The van der Waals surface area contributed by atoms with Crippen molar-refractivity contribution >= 4 is 15.9 Å². The van der Waals surface area contributed by atoms with Crippen molar-refractivity contribution in [1.29, 1.82) is 0 Å². The molecule has 1 heterocycles. The molecule has 0 saturated heterocycles. The lowest BCUT2D eigenvalue weighted by atomic mass is 10.0. The molecule has 0 aliphatic heterocycles. The van der Waals surface area contributed by atoms with Crippen molar-refractivity contribution in [3.05, 3.63) is 52.3 Å². The van der Waals surface area contributed by atoms with Gasteiger partial charge in [-0.2, -0.15) is 0 Å². The van der Waals surface area contributed by atoms with Crippen molar-refractivity contribution < 1.29 is 14.6 Å². The van der Waals surface area contributed by atoms with Crippen LogP contribution >= 0.6 is 15.9 Å². The highest BCUT2D eigenvalue weighted by Gasteiger charge is 2.17. The second-order valence-corrected chi connectivity index (χ2v) is 4.86. The molecule has 100 valence electrons. The van der Waals surface area contributed by atoms with Gasteiger partial charge in [-0.3, -0.25) is 4.98 Å². The molecule has 19 heavy (non-hydrogen) atoms. The van der Waals surface area contributed by atoms with Crippen LogP contribution < -0.4 is 9.47 Å². The van der Waals surface area contributed by atoms with Crippen molar-refractivity contribution in [2.24, 2.45) is 0 Å². The van der Waals surface area contributed by atoms with E-state index in [0.29, 0.717) is 22.6 Å². The number of aliphatic hydroxyl groups is 1. The Balaban J connectivity index is 2.44. The van der Waals surface area contributed by atoms with Crippen LogP contribution in [-0.4, -0.2) is 24.3 Å². The predicted octanol–water partition coefficient (Wildman–Crippen LogP) is 2.94. The Kier molecular flexibility index (Phi) is 4.39. The van der Waals surface area contributed by atoms with Gasteiger partial charge in [0.15, 0.2) is 0 Å². The molecular formula is C14H14BrNO3. The first-order valence-corrected chi connectivity index (χ1v) is 6.45. The molecular weight excluding hydrogens is 310 g/mol. The zero-order valence-electron chi connectivity index (χ0n) is 10.6. The van der Waals surface area contributed by atoms with Gasteiger partial charge in [-0.25, -0.2) is 0 Å². The maximum atomic E-state index is 10.5. The maximum absolute atomic E-state index is 10.5. The van der Waals surface area contributed by atoms with Crippen molar-refractivity contribution in [3.8, 4) is 11.5 Å². The molecule has 0 aliphatic rings. The number of rotatable bonds is 4. The summed E-state index contributed by atoms with van der Waals surface area (Å²) in [6.07, 6.45) is 2.46. The lowest BCUT2D eigenvalue weighted by Gasteiger charge is -2.16. The molecule has 2 aromatic rings. The number of methoxy groups -OCH3 is 2. The van der Waals surface area contributed by atoms with E-state index in [2.05, 4.69) is 20.9 Å². The molecule has 1 unspecified atom stereocenters. The molecule has 0 spiro atoms. The summed E-state index contributed by atoms with van der Waals surface area (Å²) in [5.41, 5.74) is 1.32. The Morgan fingerprint density at radius 3 is 2.58 bits per heavy atom. The van der Waals surface area contributed by atoms with Crippen LogP contribution in [0.15, 0.2) is 41.1 Å². The van der Waals surface area contributed by atoms with E-state index >= 15 is 0 Å². The molecule has 0 bridgehead atoms. The van der Waals surface area contributed by atoms with Crippen molar-refractivity contribution in [3.63, 3.8) is 0 Å². The number of benzene rings is 1. The summed E-state index contributed by atoms with van der Waals surface area (Å²) in [4.78, 5) is 4.05. The van der Waals surface area contributed by atoms with Gasteiger partial charge in [0.2, 0.25) is 0 Å². The first kappa shape index (κ1) is 13.8. The van der Waals surface area contributed by atoms with Gasteiger partial charge in [-0.15, -0.1) is 0 Å². The van der Waals surface area contributed by atoms with Gasteiger partial charge < -0.3 is 14.6 Å². The number of hydrogen-bond donors (Lipinski definition) is 1. The molecule has 2 rings (SSSR count). The molecule has 1 aromatic heterocycles. The van der Waals surface area contributed by atoms with Gasteiger partial charge in [0.05, 0.1) is 14.2 Å². The summed E-state index contributed by atoms with van der Waals surface area (Å²) in [5, 5.41) is 10.5. The highest BCUT2D eigenvalue weighted by molar-refractivity contribution is 9.10. The second-order valence-electron chi connectivity index (χ2n) is 3.95. The molecule has 4 nitrogen and oxygen atoms in total. The molecule has 0 radical (unpaired) electrons. The molecule has 1 N–H and O–H groups in total. The minimum atomic E-state index is -0.824. The molecule has 0 amide bonds. The van der Waals surface area contributed by atoms with Crippen molar-refractivity contribution in [1.82, 2.24) is 4.98 Å². The number of aromatic nitrogens is 1. The third-order valence-corrected chi connectivity index (χ3v) is 3.21. The SMILES string of the molecule is COc1ccc(OC)c(C(O)c2cncc(Br)c2)c1. The Morgan fingerprint density at radius 1 is 1.16 bits per heavy atom. The summed E-state index contributed by atoms with van der Waals surface area (Å²) < 4.78 is 11.3. The topological polar surface area (TPSA) is 51.6 Å². The van der Waals surface area contributed by atoms with E-state index in [1.165, 1.54) is 0 Å². The number of hydrogen-bond acceptors (Lipinski definition) is 4. The van der Waals surface area contributed by atoms with Crippen LogP contribution in [0.3, 0.4) is 0 Å². The molecule has 0 aliphatic carbocycles. The Labute approximate surface area is 120 Å². The van der Waals surface area contributed by atoms with Gasteiger partial charge in [-0.05, 0) is 40.2 Å². The van der Waals surface area contributed by atoms with Gasteiger partial charge in [0, 0.05) is 28.0 Å². The van der Waals surface area contributed by atoms with E-state index in [1.54, 1.807) is 44.8 Å². The molecule has 0 fully saturated rings. The van der Waals surface area contributed by atoms with E-state index in [4.69, 9.17) is 9.47 Å². The largest absolute Gasteiger partial charge is 0.497 e. The molecule has 1 aromatic carbocycles. The highest BCUT2D eigenvalue weighted by Crippen LogP contribution is 2.33. The van der Waals surface area contributed by atoms with Crippen molar-refractivity contribution in [2.45, 2.75) is 6.10 Å². The van der Waals surface area contributed by atoms with Crippen LogP contribution in [0.1, 0.15) is 17.2 Å². The van der Waals surface area contributed by atoms with Crippen LogP contribution in [0.25, 0.3) is 0 Å². The Morgan fingerprint density at radius 2 is 1.95 bits per heavy atom. The second kappa shape index (κ2) is 6.04. The number of aliphatic hydroxyl groups excluding tert-OH is 1. The Bertz CT molecular complexity index is 574. The van der Waals surface area contributed by atoms with Gasteiger partial charge in [0.25, 0.3) is 0 Å². The number of nitrogens with zero attached hydrogens (tertiary/aromatic N) is 1. The fourth-order valence-electron chi connectivity index (χ4n) is 1.81. The highest BCUT2D eigenvalue weighted by atomic mass is 79.9. The minimum absolute atomic E-state index is 0.605. The van der Waals surface area contributed by atoms with Crippen LogP contribution in [0.2, 0.25) is 0 Å². The van der Waals surface area contributed by atoms with E-state index in [1.807, 2.05) is 6.07 Å². The minimum Gasteiger partial charge on any atom is -0.497 e. The van der Waals surface area contributed by atoms with Crippen LogP contribution in [0, 0.1) is 0 Å². The summed E-state index contributed by atoms with van der Waals surface area (Å²) in [6, 6.07) is 7.12. The summed E-state index contributed by atoms with van der Waals surface area (Å²) in [6.45, 7) is 0. The lowest BCUT2D eigenvalue weighted by Crippen LogP contribution is -2.03. The zero-order chi connectivity index (χ0) is 13.8. The molecule has 0 saturated carbocycles. The number of pyridine rings is 1. The summed E-state index contributed by atoms with van der Waals surface area (Å²) in [7, 11) is 3.15. The fraction of sp³-hybridized carbons (Fsp3) is 0.214. The Hall–Kier alpha value is -1.59. The summed E-state index contributed by atoms with van der Waals surface area (Å²) in [5.74, 6) is 1.27. The number of ether oxygens (including phenoxy) is 2. The van der Waals surface area contributed by atoms with Crippen LogP contribution in [0.5, 0.6) is 11.5 Å².